The van der Waals surface area contributed by atoms with Crippen LogP contribution in [0.2, 0.25) is 0 Å². The van der Waals surface area contributed by atoms with E-state index in [1.165, 1.54) is 12.8 Å². The summed E-state index contributed by atoms with van der Waals surface area (Å²) in [6.45, 7) is 3.29. The summed E-state index contributed by atoms with van der Waals surface area (Å²) in [6, 6.07) is 0. The summed E-state index contributed by atoms with van der Waals surface area (Å²) in [5, 5.41) is 3.46. The predicted octanol–water partition coefficient (Wildman–Crippen LogP) is 1.31. The molecule has 2 rings (SSSR count). The van der Waals surface area contributed by atoms with Gasteiger partial charge in [0.1, 0.15) is 0 Å². The van der Waals surface area contributed by atoms with Gasteiger partial charge in [-0.15, -0.1) is 0 Å². The van der Waals surface area contributed by atoms with Crippen molar-refractivity contribution in [1.29, 1.82) is 0 Å². The van der Waals surface area contributed by atoms with Gasteiger partial charge in [0.15, 0.2) is 0 Å². The van der Waals surface area contributed by atoms with Crippen molar-refractivity contribution >= 4 is 0 Å². The fourth-order valence-electron chi connectivity index (χ4n) is 1.50. The molecule has 1 fully saturated rings. The standard InChI is InChI=1S/C7H11N.H2/c1-2-8-7-4-3-6(7)5-7;/h3,8H,2,4-5H2,1H3;1H. The van der Waals surface area contributed by atoms with E-state index in [1.807, 2.05) is 0 Å². The van der Waals surface area contributed by atoms with E-state index < -0.39 is 0 Å². The summed E-state index contributed by atoms with van der Waals surface area (Å²) in [5.74, 6) is 0. The van der Waals surface area contributed by atoms with Crippen molar-refractivity contribution in [2.45, 2.75) is 25.3 Å². The SMILES string of the molecule is CCNC12CC=C1C2.[HH]. The zero-order valence-electron chi connectivity index (χ0n) is 5.20. The van der Waals surface area contributed by atoms with Crippen molar-refractivity contribution in [1.82, 2.24) is 5.32 Å². The van der Waals surface area contributed by atoms with Crippen LogP contribution in [0.1, 0.15) is 21.2 Å². The van der Waals surface area contributed by atoms with Crippen LogP contribution in [0.5, 0.6) is 0 Å². The smallest absolute Gasteiger partial charge is 0.0467 e. The molecule has 0 amide bonds. The summed E-state index contributed by atoms with van der Waals surface area (Å²) in [4.78, 5) is 0. The van der Waals surface area contributed by atoms with Gasteiger partial charge in [0, 0.05) is 6.97 Å². The van der Waals surface area contributed by atoms with Gasteiger partial charge in [0.25, 0.3) is 0 Å². The van der Waals surface area contributed by atoms with Gasteiger partial charge in [0.2, 0.25) is 0 Å². The maximum Gasteiger partial charge on any atom is 0.0467 e. The highest BCUT2D eigenvalue weighted by Gasteiger charge is 2.52. The molecule has 0 heterocycles. The first-order valence-corrected chi connectivity index (χ1v) is 3.32. The van der Waals surface area contributed by atoms with E-state index in [-0.39, 0.29) is 1.43 Å². The van der Waals surface area contributed by atoms with Crippen molar-refractivity contribution in [3.63, 3.8) is 0 Å². The fraction of sp³-hybridized carbons (Fsp3) is 0.714. The highest BCUT2D eigenvalue weighted by molar-refractivity contribution is 5.48. The van der Waals surface area contributed by atoms with E-state index in [4.69, 9.17) is 0 Å². The van der Waals surface area contributed by atoms with E-state index in [0.717, 1.165) is 6.54 Å². The van der Waals surface area contributed by atoms with Crippen molar-refractivity contribution in [2.24, 2.45) is 0 Å². The molecular weight excluding hydrogens is 98.1 g/mol. The zero-order chi connectivity index (χ0) is 5.61. The largest absolute Gasteiger partial charge is 0.307 e. The Morgan fingerprint density at radius 2 is 2.88 bits per heavy atom. The molecule has 0 aromatic carbocycles. The minimum atomic E-state index is 0. The Balaban J connectivity index is 0.000000405. The molecule has 46 valence electrons. The number of hydrogen-bond acceptors (Lipinski definition) is 1. The molecule has 0 spiro atoms. The highest BCUT2D eigenvalue weighted by atomic mass is 15.0. The molecule has 0 aromatic heterocycles. The number of likely N-dealkylation sites (N-methyl/N-ethyl adjacent to an activating group) is 1. The number of hydrogen-bond donors (Lipinski definition) is 1. The summed E-state index contributed by atoms with van der Waals surface area (Å²) >= 11 is 0. The molecule has 0 bridgehead atoms. The highest BCUT2D eigenvalue weighted by Crippen LogP contribution is 2.53. The lowest BCUT2D eigenvalue weighted by Crippen LogP contribution is -2.33. The molecule has 0 radical (unpaired) electrons. The van der Waals surface area contributed by atoms with E-state index in [2.05, 4.69) is 18.3 Å². The Morgan fingerprint density at radius 1 is 2.00 bits per heavy atom. The second-order valence-electron chi connectivity index (χ2n) is 2.72. The zero-order valence-corrected chi connectivity index (χ0v) is 5.20. The number of nitrogens with one attached hydrogen (secondary N) is 1. The molecule has 0 aromatic rings. The average Bonchev–Trinajstić information content (AvgIpc) is 2.19. The maximum atomic E-state index is 3.46. The first kappa shape index (κ1) is 4.57. The molecule has 1 saturated carbocycles. The Bertz CT molecular complexity index is 149. The molecule has 1 N–H and O–H groups in total. The third-order valence-corrected chi connectivity index (χ3v) is 2.19. The first-order chi connectivity index (χ1) is 3.87. The molecule has 2 aliphatic rings. The van der Waals surface area contributed by atoms with Crippen LogP contribution in [0.15, 0.2) is 11.6 Å². The van der Waals surface area contributed by atoms with E-state index in [0.29, 0.717) is 5.54 Å². The molecule has 8 heavy (non-hydrogen) atoms. The summed E-state index contributed by atoms with van der Waals surface area (Å²) in [7, 11) is 0. The second kappa shape index (κ2) is 1.16. The maximum absolute atomic E-state index is 3.46. The van der Waals surface area contributed by atoms with E-state index in [9.17, 15) is 0 Å². The van der Waals surface area contributed by atoms with Crippen molar-refractivity contribution in [3.05, 3.63) is 11.6 Å². The second-order valence-corrected chi connectivity index (χ2v) is 2.72. The van der Waals surface area contributed by atoms with Crippen LogP contribution in [-0.4, -0.2) is 12.1 Å². The lowest BCUT2D eigenvalue weighted by Gasteiger charge is -2.18. The number of rotatable bonds is 2. The first-order valence-electron chi connectivity index (χ1n) is 3.32. The molecule has 2 aliphatic carbocycles. The summed E-state index contributed by atoms with van der Waals surface area (Å²) in [6.07, 6.45) is 4.96. The Morgan fingerprint density at radius 3 is 3.00 bits per heavy atom. The Labute approximate surface area is 51.3 Å². The van der Waals surface area contributed by atoms with Gasteiger partial charge >= 0.3 is 0 Å². The number of fused-ring (bicyclic) bond motifs is 1. The van der Waals surface area contributed by atoms with Crippen LogP contribution >= 0.6 is 0 Å². The van der Waals surface area contributed by atoms with Gasteiger partial charge in [-0.2, -0.15) is 0 Å². The minimum Gasteiger partial charge on any atom is -0.307 e. The van der Waals surface area contributed by atoms with Gasteiger partial charge in [0.05, 0.1) is 0 Å². The summed E-state index contributed by atoms with van der Waals surface area (Å²) in [5.41, 5.74) is 2.20. The lowest BCUT2D eigenvalue weighted by molar-refractivity contribution is 0.518. The summed E-state index contributed by atoms with van der Waals surface area (Å²) < 4.78 is 0. The minimum absolute atomic E-state index is 0. The Kier molecular flexibility index (Phi) is 0.662. The molecule has 0 aliphatic heterocycles. The van der Waals surface area contributed by atoms with Crippen LogP contribution in [0.3, 0.4) is 0 Å². The third-order valence-electron chi connectivity index (χ3n) is 2.19. The predicted molar refractivity (Wildman–Crippen MR) is 35.8 cm³/mol. The van der Waals surface area contributed by atoms with Crippen molar-refractivity contribution < 1.29 is 1.43 Å². The lowest BCUT2D eigenvalue weighted by atomic mass is 10.0. The van der Waals surface area contributed by atoms with Crippen LogP contribution in [0, 0.1) is 0 Å². The molecule has 1 heteroatoms. The topological polar surface area (TPSA) is 12.0 Å². The quantitative estimate of drug-likeness (QED) is 0.530. The van der Waals surface area contributed by atoms with Gasteiger partial charge < -0.3 is 5.32 Å². The van der Waals surface area contributed by atoms with Crippen molar-refractivity contribution in [2.75, 3.05) is 6.54 Å². The van der Waals surface area contributed by atoms with Crippen LogP contribution in [-0.2, 0) is 0 Å². The monoisotopic (exact) mass is 111 g/mol. The van der Waals surface area contributed by atoms with Gasteiger partial charge in [-0.3, -0.25) is 0 Å². The van der Waals surface area contributed by atoms with Gasteiger partial charge in [-0.25, -0.2) is 0 Å². The molecule has 1 unspecified atom stereocenters. The molecule has 0 saturated heterocycles. The molecular formula is C7H13N. The van der Waals surface area contributed by atoms with Crippen LogP contribution in [0.4, 0.5) is 0 Å². The Hall–Kier alpha value is -0.300. The normalized spacial score (nSPS) is 39.9. The molecule has 1 nitrogen and oxygen atoms in total. The van der Waals surface area contributed by atoms with Gasteiger partial charge in [-0.05, 0) is 19.4 Å². The molecule has 1 atom stereocenters. The van der Waals surface area contributed by atoms with Gasteiger partial charge in [-0.1, -0.05) is 18.6 Å². The van der Waals surface area contributed by atoms with Crippen LogP contribution < -0.4 is 5.32 Å². The van der Waals surface area contributed by atoms with Crippen molar-refractivity contribution in [3.8, 4) is 0 Å². The average molecular weight is 111 g/mol. The fourth-order valence-corrected chi connectivity index (χ4v) is 1.50. The van der Waals surface area contributed by atoms with E-state index in [1.54, 1.807) is 5.57 Å². The third kappa shape index (κ3) is 0.360. The van der Waals surface area contributed by atoms with Crippen LogP contribution in [0.25, 0.3) is 0 Å². The van der Waals surface area contributed by atoms with E-state index >= 15 is 0 Å².